The lowest BCUT2D eigenvalue weighted by Gasteiger charge is -2.24. The molecule has 1 N–H and O–H groups in total. The molecule has 1 aliphatic heterocycles. The molecule has 1 rings (SSSR count). The lowest BCUT2D eigenvalue weighted by atomic mass is 10.00. The highest BCUT2D eigenvalue weighted by Gasteiger charge is 2.15. The summed E-state index contributed by atoms with van der Waals surface area (Å²) in [6.07, 6.45) is 9.86. The maximum Gasteiger partial charge on any atom is 0.0575 e. The van der Waals surface area contributed by atoms with Crippen LogP contribution in [0.4, 0.5) is 0 Å². The molecular formula is C13H25NO. The molecule has 0 spiro atoms. The zero-order valence-electron chi connectivity index (χ0n) is 10.0. The van der Waals surface area contributed by atoms with Gasteiger partial charge in [-0.25, -0.2) is 0 Å². The lowest BCUT2D eigenvalue weighted by molar-refractivity contribution is 0.00865. The Balaban J connectivity index is 2.16. The number of hydrogen-bond acceptors (Lipinski definition) is 2. The summed E-state index contributed by atoms with van der Waals surface area (Å²) < 4.78 is 5.73. The van der Waals surface area contributed by atoms with E-state index in [1.165, 1.54) is 32.1 Å². The Bertz CT molecular complexity index is 164. The molecule has 88 valence electrons. The van der Waals surface area contributed by atoms with Gasteiger partial charge in [0.2, 0.25) is 0 Å². The van der Waals surface area contributed by atoms with E-state index in [9.17, 15) is 0 Å². The summed E-state index contributed by atoms with van der Waals surface area (Å²) in [4.78, 5) is 0. The summed E-state index contributed by atoms with van der Waals surface area (Å²) in [6.45, 7) is 7.98. The number of nitrogens with one attached hydrogen (secondary N) is 1. The van der Waals surface area contributed by atoms with E-state index in [2.05, 4.69) is 18.8 Å². The van der Waals surface area contributed by atoms with E-state index in [0.29, 0.717) is 12.1 Å². The van der Waals surface area contributed by atoms with Crippen LogP contribution in [-0.4, -0.2) is 25.3 Å². The van der Waals surface area contributed by atoms with Gasteiger partial charge in [0.05, 0.1) is 6.10 Å². The second kappa shape index (κ2) is 7.89. The van der Waals surface area contributed by atoms with Gasteiger partial charge in [-0.15, -0.1) is 6.58 Å². The molecule has 2 nitrogen and oxygen atoms in total. The molecule has 0 aromatic heterocycles. The van der Waals surface area contributed by atoms with Crippen molar-refractivity contribution in [3.8, 4) is 0 Å². The highest BCUT2D eigenvalue weighted by atomic mass is 16.5. The molecule has 0 amide bonds. The fraction of sp³-hybridized carbons (Fsp3) is 0.846. The van der Waals surface area contributed by atoms with E-state index in [0.717, 1.165) is 19.6 Å². The zero-order chi connectivity index (χ0) is 10.9. The largest absolute Gasteiger partial charge is 0.378 e. The third kappa shape index (κ3) is 5.33. The second-order valence-corrected chi connectivity index (χ2v) is 4.34. The third-order valence-corrected chi connectivity index (χ3v) is 3.06. The van der Waals surface area contributed by atoms with Gasteiger partial charge in [-0.1, -0.05) is 13.0 Å². The Morgan fingerprint density at radius 3 is 3.00 bits per heavy atom. The molecule has 1 fully saturated rings. The summed E-state index contributed by atoms with van der Waals surface area (Å²) in [5.41, 5.74) is 0. The molecule has 1 heterocycles. The molecule has 0 radical (unpaired) electrons. The van der Waals surface area contributed by atoms with Crippen LogP contribution in [0.2, 0.25) is 0 Å². The highest BCUT2D eigenvalue weighted by Crippen LogP contribution is 2.18. The van der Waals surface area contributed by atoms with Crippen molar-refractivity contribution in [2.24, 2.45) is 0 Å². The predicted molar refractivity (Wildman–Crippen MR) is 65.1 cm³/mol. The van der Waals surface area contributed by atoms with Crippen LogP contribution in [0.1, 0.15) is 45.4 Å². The monoisotopic (exact) mass is 211 g/mol. The van der Waals surface area contributed by atoms with Crippen LogP contribution < -0.4 is 5.32 Å². The first kappa shape index (κ1) is 12.7. The van der Waals surface area contributed by atoms with E-state index in [1.807, 2.05) is 6.08 Å². The summed E-state index contributed by atoms with van der Waals surface area (Å²) >= 11 is 0. The van der Waals surface area contributed by atoms with Gasteiger partial charge in [-0.05, 0) is 45.1 Å². The van der Waals surface area contributed by atoms with Crippen molar-refractivity contribution in [3.63, 3.8) is 0 Å². The molecule has 0 saturated carbocycles. The first-order valence-corrected chi connectivity index (χ1v) is 6.32. The lowest BCUT2D eigenvalue weighted by Crippen LogP contribution is -2.30. The van der Waals surface area contributed by atoms with Crippen molar-refractivity contribution >= 4 is 0 Å². The van der Waals surface area contributed by atoms with Gasteiger partial charge in [0.15, 0.2) is 0 Å². The summed E-state index contributed by atoms with van der Waals surface area (Å²) in [6, 6.07) is 0.595. The van der Waals surface area contributed by atoms with Crippen LogP contribution in [0, 0.1) is 0 Å². The molecule has 0 aromatic rings. The van der Waals surface area contributed by atoms with Gasteiger partial charge in [-0.2, -0.15) is 0 Å². The summed E-state index contributed by atoms with van der Waals surface area (Å²) in [5.74, 6) is 0. The summed E-state index contributed by atoms with van der Waals surface area (Å²) in [5, 5.41) is 3.50. The van der Waals surface area contributed by atoms with Crippen LogP contribution in [0.3, 0.4) is 0 Å². The van der Waals surface area contributed by atoms with Crippen LogP contribution in [0.15, 0.2) is 12.7 Å². The fourth-order valence-electron chi connectivity index (χ4n) is 2.22. The molecular weight excluding hydrogens is 186 g/mol. The van der Waals surface area contributed by atoms with Crippen molar-refractivity contribution in [2.45, 2.75) is 57.6 Å². The molecule has 1 saturated heterocycles. The highest BCUT2D eigenvalue weighted by molar-refractivity contribution is 4.79. The van der Waals surface area contributed by atoms with Gasteiger partial charge < -0.3 is 10.1 Å². The second-order valence-electron chi connectivity index (χ2n) is 4.34. The molecule has 0 bridgehead atoms. The van der Waals surface area contributed by atoms with Crippen molar-refractivity contribution in [1.82, 2.24) is 5.32 Å². The van der Waals surface area contributed by atoms with Crippen LogP contribution in [0.25, 0.3) is 0 Å². The first-order chi connectivity index (χ1) is 7.36. The Labute approximate surface area is 94.1 Å². The number of ether oxygens (including phenoxy) is 1. The quantitative estimate of drug-likeness (QED) is 0.654. The standard InChI is InChI=1S/C13H25NO/c1-3-7-12(14-4-2)9-10-13-8-5-6-11-15-13/h3,12-14H,1,4-11H2,2H3. The van der Waals surface area contributed by atoms with Gasteiger partial charge >= 0.3 is 0 Å². The zero-order valence-corrected chi connectivity index (χ0v) is 10.0. The fourth-order valence-corrected chi connectivity index (χ4v) is 2.22. The van der Waals surface area contributed by atoms with Gasteiger partial charge in [0.25, 0.3) is 0 Å². The van der Waals surface area contributed by atoms with E-state index >= 15 is 0 Å². The number of rotatable bonds is 7. The Kier molecular flexibility index (Phi) is 6.69. The Morgan fingerprint density at radius 1 is 1.53 bits per heavy atom. The van der Waals surface area contributed by atoms with Gasteiger partial charge in [-0.3, -0.25) is 0 Å². The topological polar surface area (TPSA) is 21.3 Å². The first-order valence-electron chi connectivity index (χ1n) is 6.32. The minimum Gasteiger partial charge on any atom is -0.378 e. The summed E-state index contributed by atoms with van der Waals surface area (Å²) in [7, 11) is 0. The smallest absolute Gasteiger partial charge is 0.0575 e. The number of hydrogen-bond donors (Lipinski definition) is 1. The Hall–Kier alpha value is -0.340. The maximum atomic E-state index is 5.73. The minimum absolute atomic E-state index is 0.518. The van der Waals surface area contributed by atoms with Crippen molar-refractivity contribution < 1.29 is 4.74 Å². The van der Waals surface area contributed by atoms with Crippen molar-refractivity contribution in [3.05, 3.63) is 12.7 Å². The van der Waals surface area contributed by atoms with Crippen LogP contribution >= 0.6 is 0 Å². The van der Waals surface area contributed by atoms with E-state index in [1.54, 1.807) is 0 Å². The van der Waals surface area contributed by atoms with Crippen LogP contribution in [0.5, 0.6) is 0 Å². The van der Waals surface area contributed by atoms with Gasteiger partial charge in [0.1, 0.15) is 0 Å². The van der Waals surface area contributed by atoms with Crippen molar-refractivity contribution in [2.75, 3.05) is 13.2 Å². The maximum absolute atomic E-state index is 5.73. The SMILES string of the molecule is C=CCC(CCC1CCCCO1)NCC. The molecule has 2 atom stereocenters. The normalized spacial score (nSPS) is 23.7. The molecule has 2 heteroatoms. The van der Waals surface area contributed by atoms with E-state index < -0.39 is 0 Å². The van der Waals surface area contributed by atoms with Crippen LogP contribution in [-0.2, 0) is 4.74 Å². The molecule has 0 aromatic carbocycles. The molecule has 15 heavy (non-hydrogen) atoms. The average molecular weight is 211 g/mol. The molecule has 2 unspecified atom stereocenters. The average Bonchev–Trinajstić information content (AvgIpc) is 2.28. The van der Waals surface area contributed by atoms with Gasteiger partial charge in [0, 0.05) is 12.6 Å². The molecule has 0 aliphatic carbocycles. The van der Waals surface area contributed by atoms with Crippen molar-refractivity contribution in [1.29, 1.82) is 0 Å². The molecule has 1 aliphatic rings. The third-order valence-electron chi connectivity index (χ3n) is 3.06. The van der Waals surface area contributed by atoms with E-state index in [4.69, 9.17) is 4.74 Å². The Morgan fingerprint density at radius 2 is 2.40 bits per heavy atom. The van der Waals surface area contributed by atoms with E-state index in [-0.39, 0.29) is 0 Å². The minimum atomic E-state index is 0.518. The predicted octanol–water partition coefficient (Wildman–Crippen LogP) is 2.89.